The van der Waals surface area contributed by atoms with Crippen LogP contribution in [-0.4, -0.2) is 39.6 Å². The molecule has 0 spiro atoms. The summed E-state index contributed by atoms with van der Waals surface area (Å²) in [6, 6.07) is 17.4. The molecule has 0 amide bonds. The molecule has 0 radical (unpaired) electrons. The fourth-order valence-electron chi connectivity index (χ4n) is 2.74. The molecule has 1 fully saturated rings. The third-order valence-corrected chi connectivity index (χ3v) is 5.29. The van der Waals surface area contributed by atoms with Gasteiger partial charge in [0.05, 0.1) is 13.2 Å². The first kappa shape index (κ1) is 18.8. The van der Waals surface area contributed by atoms with E-state index >= 15 is 0 Å². The van der Waals surface area contributed by atoms with E-state index in [0.29, 0.717) is 0 Å². The van der Waals surface area contributed by atoms with Crippen LogP contribution in [0, 0.1) is 0 Å². The van der Waals surface area contributed by atoms with Gasteiger partial charge in [0.2, 0.25) is 10.0 Å². The molecule has 0 saturated carbocycles. The molecule has 6 heteroatoms. The van der Waals surface area contributed by atoms with Gasteiger partial charge in [0.15, 0.2) is 0 Å². The highest BCUT2D eigenvalue weighted by Crippen LogP contribution is 2.10. The Morgan fingerprint density at radius 2 is 1.62 bits per heavy atom. The molecule has 1 N–H and O–H groups in total. The van der Waals surface area contributed by atoms with Crippen molar-refractivity contribution >= 4 is 16.1 Å². The summed E-state index contributed by atoms with van der Waals surface area (Å²) in [7, 11) is -3.46. The first-order valence-electron chi connectivity index (χ1n) is 8.71. The molecule has 138 valence electrons. The van der Waals surface area contributed by atoms with Gasteiger partial charge in [-0.1, -0.05) is 54.6 Å². The molecule has 1 saturated heterocycles. The van der Waals surface area contributed by atoms with Crippen LogP contribution in [0.3, 0.4) is 0 Å². The standard InChI is InChI=1S/C20H24N2O3S/c23-26(24,15-10-18-4-2-1-3-5-18)21-16-19-6-8-20(9-7-19)17-22-11-13-25-14-12-22/h1-10,15,21H,11-14,16-17H2. The summed E-state index contributed by atoms with van der Waals surface area (Å²) in [6.45, 7) is 4.66. The minimum absolute atomic E-state index is 0.277. The quantitative estimate of drug-likeness (QED) is 0.812. The van der Waals surface area contributed by atoms with E-state index in [2.05, 4.69) is 21.8 Å². The number of nitrogens with zero attached hydrogens (tertiary/aromatic N) is 1. The lowest BCUT2D eigenvalue weighted by atomic mass is 10.1. The van der Waals surface area contributed by atoms with Gasteiger partial charge in [-0.15, -0.1) is 0 Å². The second kappa shape index (κ2) is 9.09. The Morgan fingerprint density at radius 3 is 2.31 bits per heavy atom. The molecule has 0 bridgehead atoms. The maximum Gasteiger partial charge on any atom is 0.234 e. The summed E-state index contributed by atoms with van der Waals surface area (Å²) in [5.41, 5.74) is 3.01. The molecule has 1 aliphatic heterocycles. The van der Waals surface area contributed by atoms with E-state index in [9.17, 15) is 8.42 Å². The van der Waals surface area contributed by atoms with Gasteiger partial charge in [0, 0.05) is 31.6 Å². The summed E-state index contributed by atoms with van der Waals surface area (Å²) < 4.78 is 32.1. The van der Waals surface area contributed by atoms with Gasteiger partial charge in [-0.2, -0.15) is 0 Å². The minimum Gasteiger partial charge on any atom is -0.379 e. The molecular weight excluding hydrogens is 348 g/mol. The van der Waals surface area contributed by atoms with Crippen LogP contribution in [0.4, 0.5) is 0 Å². The molecule has 3 rings (SSSR count). The third kappa shape index (κ3) is 6.07. The van der Waals surface area contributed by atoms with E-state index in [1.54, 1.807) is 6.08 Å². The van der Waals surface area contributed by atoms with Crippen LogP contribution in [0.1, 0.15) is 16.7 Å². The lowest BCUT2D eigenvalue weighted by Gasteiger charge is -2.26. The van der Waals surface area contributed by atoms with E-state index in [0.717, 1.165) is 44.0 Å². The number of morpholine rings is 1. The summed E-state index contributed by atoms with van der Waals surface area (Å²) in [4.78, 5) is 2.36. The smallest absolute Gasteiger partial charge is 0.234 e. The van der Waals surface area contributed by atoms with Crippen molar-refractivity contribution in [3.8, 4) is 0 Å². The summed E-state index contributed by atoms with van der Waals surface area (Å²) in [6.07, 6.45) is 1.59. The van der Waals surface area contributed by atoms with Gasteiger partial charge in [0.1, 0.15) is 0 Å². The van der Waals surface area contributed by atoms with Crippen molar-refractivity contribution in [2.24, 2.45) is 0 Å². The van der Waals surface area contributed by atoms with Gasteiger partial charge in [-0.05, 0) is 22.8 Å². The number of sulfonamides is 1. The molecule has 0 aliphatic carbocycles. The normalized spacial score (nSPS) is 16.2. The number of hydrogen-bond donors (Lipinski definition) is 1. The maximum atomic E-state index is 12.1. The first-order valence-corrected chi connectivity index (χ1v) is 10.3. The van der Waals surface area contributed by atoms with Crippen molar-refractivity contribution in [1.82, 2.24) is 9.62 Å². The van der Waals surface area contributed by atoms with Gasteiger partial charge in [-0.25, -0.2) is 13.1 Å². The van der Waals surface area contributed by atoms with E-state index in [1.807, 2.05) is 42.5 Å². The Balaban J connectivity index is 1.51. The average molecular weight is 372 g/mol. The van der Waals surface area contributed by atoms with Gasteiger partial charge < -0.3 is 4.74 Å². The summed E-state index contributed by atoms with van der Waals surface area (Å²) in [5, 5.41) is 1.20. The van der Waals surface area contributed by atoms with E-state index in [4.69, 9.17) is 4.74 Å². The van der Waals surface area contributed by atoms with Crippen LogP contribution < -0.4 is 4.72 Å². The average Bonchev–Trinajstić information content (AvgIpc) is 2.68. The van der Waals surface area contributed by atoms with Crippen molar-refractivity contribution in [3.63, 3.8) is 0 Å². The van der Waals surface area contributed by atoms with E-state index in [-0.39, 0.29) is 6.54 Å². The van der Waals surface area contributed by atoms with E-state index < -0.39 is 10.0 Å². The summed E-state index contributed by atoms with van der Waals surface area (Å²) in [5.74, 6) is 0. The van der Waals surface area contributed by atoms with E-state index in [1.165, 1.54) is 11.0 Å². The molecule has 0 aromatic heterocycles. The van der Waals surface area contributed by atoms with Crippen LogP contribution in [0.5, 0.6) is 0 Å². The minimum atomic E-state index is -3.46. The van der Waals surface area contributed by atoms with Crippen LogP contribution in [0.15, 0.2) is 60.0 Å². The number of benzene rings is 2. The highest BCUT2D eigenvalue weighted by atomic mass is 32.2. The lowest BCUT2D eigenvalue weighted by molar-refractivity contribution is 0.0342. The molecular formula is C20H24N2O3S. The molecule has 5 nitrogen and oxygen atoms in total. The largest absolute Gasteiger partial charge is 0.379 e. The zero-order valence-electron chi connectivity index (χ0n) is 14.7. The van der Waals surface area contributed by atoms with Crippen LogP contribution >= 0.6 is 0 Å². The maximum absolute atomic E-state index is 12.1. The van der Waals surface area contributed by atoms with Crippen molar-refractivity contribution in [2.75, 3.05) is 26.3 Å². The molecule has 1 heterocycles. The number of rotatable bonds is 7. The molecule has 2 aromatic carbocycles. The van der Waals surface area contributed by atoms with Crippen molar-refractivity contribution in [3.05, 3.63) is 76.7 Å². The molecule has 2 aromatic rings. The van der Waals surface area contributed by atoms with Crippen molar-refractivity contribution in [1.29, 1.82) is 0 Å². The van der Waals surface area contributed by atoms with Gasteiger partial charge in [0.25, 0.3) is 0 Å². The molecule has 26 heavy (non-hydrogen) atoms. The first-order chi connectivity index (χ1) is 12.6. The van der Waals surface area contributed by atoms with Gasteiger partial charge >= 0.3 is 0 Å². The lowest BCUT2D eigenvalue weighted by Crippen LogP contribution is -2.35. The number of ether oxygens (including phenoxy) is 1. The SMILES string of the molecule is O=S(=O)(C=Cc1ccccc1)NCc1ccc(CN2CCOCC2)cc1. The van der Waals surface area contributed by atoms with Crippen LogP contribution in [0.2, 0.25) is 0 Å². The Labute approximate surface area is 155 Å². The van der Waals surface area contributed by atoms with Crippen LogP contribution in [-0.2, 0) is 27.8 Å². The Kier molecular flexibility index (Phi) is 6.57. The summed E-state index contributed by atoms with van der Waals surface area (Å²) >= 11 is 0. The molecule has 0 unspecified atom stereocenters. The molecule has 1 aliphatic rings. The fourth-order valence-corrected chi connectivity index (χ4v) is 3.54. The Hall–Kier alpha value is -1.99. The highest BCUT2D eigenvalue weighted by Gasteiger charge is 2.10. The second-order valence-corrected chi connectivity index (χ2v) is 7.94. The number of hydrogen-bond acceptors (Lipinski definition) is 4. The van der Waals surface area contributed by atoms with Gasteiger partial charge in [-0.3, -0.25) is 4.90 Å². The second-order valence-electron chi connectivity index (χ2n) is 6.28. The topological polar surface area (TPSA) is 58.6 Å². The predicted molar refractivity (Wildman–Crippen MR) is 104 cm³/mol. The zero-order chi connectivity index (χ0) is 18.2. The molecule has 0 atom stereocenters. The van der Waals surface area contributed by atoms with Crippen molar-refractivity contribution in [2.45, 2.75) is 13.1 Å². The highest BCUT2D eigenvalue weighted by molar-refractivity contribution is 7.92. The predicted octanol–water partition coefficient (Wildman–Crippen LogP) is 2.61. The van der Waals surface area contributed by atoms with Crippen LogP contribution in [0.25, 0.3) is 6.08 Å². The number of nitrogens with one attached hydrogen (secondary N) is 1. The Morgan fingerprint density at radius 1 is 0.962 bits per heavy atom. The Bertz CT molecular complexity index is 812. The van der Waals surface area contributed by atoms with Crippen molar-refractivity contribution < 1.29 is 13.2 Å². The third-order valence-electron chi connectivity index (χ3n) is 4.25. The zero-order valence-corrected chi connectivity index (χ0v) is 15.5. The fraction of sp³-hybridized carbons (Fsp3) is 0.300. The monoisotopic (exact) mass is 372 g/mol.